The second kappa shape index (κ2) is 6.12. The van der Waals surface area contributed by atoms with Gasteiger partial charge in [0.05, 0.1) is 24.0 Å². The number of pyridine rings is 1. The molecule has 0 radical (unpaired) electrons. The Balaban J connectivity index is 1.49. The number of aromatic nitrogens is 1. The maximum atomic E-state index is 12.7. The summed E-state index contributed by atoms with van der Waals surface area (Å²) in [5.74, 6) is 0. The Morgan fingerprint density at radius 1 is 1.35 bits per heavy atom. The smallest absolute Gasteiger partial charge is 0.217 e. The van der Waals surface area contributed by atoms with E-state index in [0.29, 0.717) is 19.8 Å². The molecule has 1 aliphatic carbocycles. The minimum absolute atomic E-state index is 0.0618. The van der Waals surface area contributed by atoms with Gasteiger partial charge in [-0.05, 0) is 37.3 Å². The van der Waals surface area contributed by atoms with Crippen LogP contribution in [0.2, 0.25) is 0 Å². The zero-order chi connectivity index (χ0) is 15.9. The van der Waals surface area contributed by atoms with Gasteiger partial charge in [0.15, 0.2) is 0 Å². The van der Waals surface area contributed by atoms with Crippen molar-refractivity contribution in [1.82, 2.24) is 9.29 Å². The number of rotatable bonds is 5. The zero-order valence-electron chi connectivity index (χ0n) is 13.0. The highest BCUT2D eigenvalue weighted by Gasteiger charge is 2.52. The van der Waals surface area contributed by atoms with Crippen molar-refractivity contribution in [3.63, 3.8) is 0 Å². The van der Waals surface area contributed by atoms with Crippen LogP contribution in [0.25, 0.3) is 0 Å². The Labute approximate surface area is 136 Å². The van der Waals surface area contributed by atoms with Gasteiger partial charge in [-0.15, -0.1) is 0 Å². The summed E-state index contributed by atoms with van der Waals surface area (Å²) in [6.07, 6.45) is 6.51. The molecule has 0 unspecified atom stereocenters. The van der Waals surface area contributed by atoms with Gasteiger partial charge in [-0.1, -0.05) is 6.07 Å². The van der Waals surface area contributed by atoms with Gasteiger partial charge < -0.3 is 9.47 Å². The molecule has 1 aromatic rings. The molecule has 3 aliphatic rings. The summed E-state index contributed by atoms with van der Waals surface area (Å²) in [4.78, 5) is 4.08. The third-order valence-electron chi connectivity index (χ3n) is 4.89. The van der Waals surface area contributed by atoms with E-state index in [4.69, 9.17) is 9.47 Å². The molecule has 0 N–H and O–H groups in total. The highest BCUT2D eigenvalue weighted by molar-refractivity contribution is 7.90. The van der Waals surface area contributed by atoms with Crippen molar-refractivity contribution >= 4 is 10.0 Å². The lowest BCUT2D eigenvalue weighted by molar-refractivity contribution is -0.0802. The molecule has 7 heteroatoms. The van der Waals surface area contributed by atoms with E-state index in [1.807, 2.05) is 12.1 Å². The highest BCUT2D eigenvalue weighted by Crippen LogP contribution is 2.39. The second-order valence-corrected chi connectivity index (χ2v) is 8.74. The SMILES string of the molecule is O=S(=O)(C1CC1)N1C[C@@H](OCc2cccnc2)[C@H]2OCCC[C@@H]21. The van der Waals surface area contributed by atoms with E-state index >= 15 is 0 Å². The first-order valence-electron chi connectivity index (χ1n) is 8.29. The van der Waals surface area contributed by atoms with Gasteiger partial charge in [0.25, 0.3) is 0 Å². The van der Waals surface area contributed by atoms with Crippen LogP contribution in [0, 0.1) is 0 Å². The van der Waals surface area contributed by atoms with E-state index in [2.05, 4.69) is 4.98 Å². The van der Waals surface area contributed by atoms with Crippen molar-refractivity contribution in [2.45, 2.75) is 55.8 Å². The summed E-state index contributed by atoms with van der Waals surface area (Å²) in [6.45, 7) is 1.53. The standard InChI is InChI=1S/C16H22N2O4S/c19-23(20,13-5-6-13)18-10-15(16-14(18)4-2-8-21-16)22-11-12-3-1-7-17-9-12/h1,3,7,9,13-16H,2,4-6,8,10-11H2/t14-,15+,16-/m0/s1. The molecule has 0 bridgehead atoms. The van der Waals surface area contributed by atoms with Crippen LogP contribution in [0.5, 0.6) is 0 Å². The fraction of sp³-hybridized carbons (Fsp3) is 0.688. The Bertz CT molecular complexity index is 647. The van der Waals surface area contributed by atoms with Gasteiger partial charge >= 0.3 is 0 Å². The number of sulfonamides is 1. The molecule has 3 atom stereocenters. The maximum absolute atomic E-state index is 12.7. The quantitative estimate of drug-likeness (QED) is 0.810. The molecule has 2 aliphatic heterocycles. The van der Waals surface area contributed by atoms with E-state index in [1.165, 1.54) is 0 Å². The topological polar surface area (TPSA) is 68.7 Å². The first kappa shape index (κ1) is 15.5. The largest absolute Gasteiger partial charge is 0.374 e. The average Bonchev–Trinajstić information content (AvgIpc) is 3.37. The van der Waals surface area contributed by atoms with E-state index in [-0.39, 0.29) is 23.5 Å². The lowest BCUT2D eigenvalue weighted by Gasteiger charge is -2.31. The van der Waals surface area contributed by atoms with Crippen LogP contribution < -0.4 is 0 Å². The van der Waals surface area contributed by atoms with E-state index in [9.17, 15) is 8.42 Å². The predicted octanol–water partition coefficient (Wildman–Crippen LogP) is 1.32. The predicted molar refractivity (Wildman–Crippen MR) is 84.2 cm³/mol. The summed E-state index contributed by atoms with van der Waals surface area (Å²) in [5.41, 5.74) is 0.989. The first-order chi connectivity index (χ1) is 11.2. The molecule has 3 heterocycles. The first-order valence-corrected chi connectivity index (χ1v) is 9.79. The van der Waals surface area contributed by atoms with Gasteiger partial charge in [0.2, 0.25) is 10.0 Å². The maximum Gasteiger partial charge on any atom is 0.217 e. The summed E-state index contributed by atoms with van der Waals surface area (Å²) >= 11 is 0. The Kier molecular flexibility index (Phi) is 4.13. The van der Waals surface area contributed by atoms with Crippen molar-refractivity contribution in [3.05, 3.63) is 30.1 Å². The highest BCUT2D eigenvalue weighted by atomic mass is 32.2. The fourth-order valence-electron chi connectivity index (χ4n) is 3.55. The Morgan fingerprint density at radius 3 is 2.96 bits per heavy atom. The van der Waals surface area contributed by atoms with Gasteiger partial charge in [-0.25, -0.2) is 8.42 Å². The Morgan fingerprint density at radius 2 is 2.22 bits per heavy atom. The van der Waals surface area contributed by atoms with Crippen LogP contribution >= 0.6 is 0 Å². The molecule has 0 amide bonds. The molecule has 23 heavy (non-hydrogen) atoms. The van der Waals surface area contributed by atoms with Crippen LogP contribution in [0.15, 0.2) is 24.5 Å². The van der Waals surface area contributed by atoms with Gasteiger partial charge in [-0.3, -0.25) is 4.98 Å². The van der Waals surface area contributed by atoms with Gasteiger partial charge in [-0.2, -0.15) is 4.31 Å². The third-order valence-corrected chi connectivity index (χ3v) is 7.28. The van der Waals surface area contributed by atoms with Crippen LogP contribution in [0.1, 0.15) is 31.2 Å². The van der Waals surface area contributed by atoms with E-state index in [0.717, 1.165) is 31.2 Å². The van der Waals surface area contributed by atoms with E-state index in [1.54, 1.807) is 16.7 Å². The Hall–Kier alpha value is -1.02. The summed E-state index contributed by atoms with van der Waals surface area (Å²) in [6, 6.07) is 3.77. The summed E-state index contributed by atoms with van der Waals surface area (Å²) in [5, 5.41) is -0.179. The van der Waals surface area contributed by atoms with Crippen molar-refractivity contribution < 1.29 is 17.9 Å². The number of fused-ring (bicyclic) bond motifs is 1. The number of hydrogen-bond donors (Lipinski definition) is 0. The molecule has 0 aromatic carbocycles. The number of ether oxygens (including phenoxy) is 2. The number of nitrogens with zero attached hydrogens (tertiary/aromatic N) is 2. The van der Waals surface area contributed by atoms with Crippen LogP contribution in [-0.4, -0.2) is 54.4 Å². The number of hydrogen-bond acceptors (Lipinski definition) is 5. The normalized spacial score (nSPS) is 31.9. The molecule has 6 nitrogen and oxygen atoms in total. The third kappa shape index (κ3) is 3.03. The van der Waals surface area contributed by atoms with Crippen LogP contribution in [-0.2, 0) is 26.1 Å². The molecule has 3 fully saturated rings. The van der Waals surface area contributed by atoms with Crippen molar-refractivity contribution in [1.29, 1.82) is 0 Å². The second-order valence-electron chi connectivity index (χ2n) is 6.57. The minimum atomic E-state index is -3.19. The molecule has 0 spiro atoms. The molecule has 2 saturated heterocycles. The molecule has 4 rings (SSSR count). The zero-order valence-corrected chi connectivity index (χ0v) is 13.8. The minimum Gasteiger partial charge on any atom is -0.374 e. The van der Waals surface area contributed by atoms with Crippen molar-refractivity contribution in [3.8, 4) is 0 Å². The summed E-state index contributed by atoms with van der Waals surface area (Å²) < 4.78 is 38.9. The fourth-order valence-corrected chi connectivity index (χ4v) is 5.62. The molecule has 1 aromatic heterocycles. The lowest BCUT2D eigenvalue weighted by Crippen LogP contribution is -2.44. The average molecular weight is 338 g/mol. The molecule has 126 valence electrons. The molecular weight excluding hydrogens is 316 g/mol. The van der Waals surface area contributed by atoms with Gasteiger partial charge in [0, 0.05) is 25.5 Å². The van der Waals surface area contributed by atoms with E-state index < -0.39 is 10.0 Å². The van der Waals surface area contributed by atoms with Gasteiger partial charge in [0.1, 0.15) is 6.10 Å². The van der Waals surface area contributed by atoms with Crippen LogP contribution in [0.3, 0.4) is 0 Å². The molecular formula is C16H22N2O4S. The molecule has 1 saturated carbocycles. The summed E-state index contributed by atoms with van der Waals surface area (Å²) in [7, 11) is -3.19. The van der Waals surface area contributed by atoms with Crippen LogP contribution in [0.4, 0.5) is 0 Å². The van der Waals surface area contributed by atoms with Crippen molar-refractivity contribution in [2.75, 3.05) is 13.2 Å². The monoisotopic (exact) mass is 338 g/mol. The van der Waals surface area contributed by atoms with Crippen molar-refractivity contribution in [2.24, 2.45) is 0 Å². The lowest BCUT2D eigenvalue weighted by atomic mass is 10.0.